The molecule has 1 atom stereocenters. The van der Waals surface area contributed by atoms with Crippen LogP contribution in [0.15, 0.2) is 48.0 Å². The molecule has 1 aliphatic heterocycles. The molecule has 0 spiro atoms. The van der Waals surface area contributed by atoms with Gasteiger partial charge in [-0.1, -0.05) is 18.2 Å². The number of imidazole rings is 1. The minimum Gasteiger partial charge on any atom is -0.404 e. The Bertz CT molecular complexity index is 1990. The lowest BCUT2D eigenvalue weighted by atomic mass is 9.94. The van der Waals surface area contributed by atoms with Crippen LogP contribution in [0.25, 0.3) is 28.8 Å². The van der Waals surface area contributed by atoms with Crippen molar-refractivity contribution in [2.75, 3.05) is 19.0 Å². The lowest BCUT2D eigenvalue weighted by Crippen LogP contribution is -2.39. The quantitative estimate of drug-likeness (QED) is 0.254. The summed E-state index contributed by atoms with van der Waals surface area (Å²) >= 11 is 6.49. The third-order valence-corrected chi connectivity index (χ3v) is 7.69. The number of aromatic nitrogens is 2. The van der Waals surface area contributed by atoms with E-state index in [2.05, 4.69) is 22.2 Å². The molecule has 6 N–H and O–H groups in total. The lowest BCUT2D eigenvalue weighted by molar-refractivity contribution is -0.138. The Morgan fingerprint density at radius 3 is 2.53 bits per heavy atom. The minimum atomic E-state index is -4.93. The number of aryl methyl sites for hydroxylation is 2. The number of nitrogens with zero attached hydrogens (tertiary/aromatic N) is 3. The molecule has 3 aromatic carbocycles. The first-order valence-corrected chi connectivity index (χ1v) is 13.2. The highest BCUT2D eigenvalue weighted by Gasteiger charge is 2.35. The van der Waals surface area contributed by atoms with E-state index in [1.165, 1.54) is 18.2 Å². The van der Waals surface area contributed by atoms with Crippen molar-refractivity contribution in [1.29, 1.82) is 0 Å². The minimum absolute atomic E-state index is 0.0639. The number of benzene rings is 3. The van der Waals surface area contributed by atoms with Crippen LogP contribution in [-0.4, -0.2) is 22.9 Å². The first-order chi connectivity index (χ1) is 20.3. The molecule has 4 aromatic rings. The van der Waals surface area contributed by atoms with Crippen molar-refractivity contribution in [2.45, 2.75) is 18.8 Å². The fraction of sp³-hybridized carbons (Fsp3) is 0.207. The summed E-state index contributed by atoms with van der Waals surface area (Å²) in [6.07, 6.45) is -4.23. The van der Waals surface area contributed by atoms with Crippen molar-refractivity contribution in [3.8, 4) is 0 Å². The second-order valence-corrected chi connectivity index (χ2v) is 10.3. The monoisotopic (exact) mass is 621 g/mol. The number of hydrogen-bond acceptors (Lipinski definition) is 5. The van der Waals surface area contributed by atoms with Gasteiger partial charge in [0.1, 0.15) is 24.1 Å². The average Bonchev–Trinajstić information content (AvgIpc) is 3.42. The second-order valence-electron chi connectivity index (χ2n) is 9.84. The van der Waals surface area contributed by atoms with Crippen LogP contribution in [0.4, 0.5) is 32.0 Å². The number of nitrogens with one attached hydrogen (secondary N) is 2. The molecular weight excluding hydrogens is 596 g/mol. The second kappa shape index (κ2) is 11.0. The van der Waals surface area contributed by atoms with Crippen LogP contribution in [-0.2, 0) is 19.8 Å². The standard InChI is InChI=1S/C29H26ClF6N7/c1-13-23-24(25(40-13)17-8-14(32)4-5-20(17)30)21(11-22-26(23)42(3)28(39-2)43(22)7-6-31)41-27(38)16-9-15(33)10-19(18(16)12-37)29(34,35)36/h4-5,8-12,25,40-41H,1,6-7,37-38H2,2-3H3/b18-12+,27-16+,39-28?. The predicted octanol–water partition coefficient (Wildman–Crippen LogP) is 3.93. The van der Waals surface area contributed by atoms with Gasteiger partial charge in [-0.2, -0.15) is 13.2 Å². The van der Waals surface area contributed by atoms with E-state index in [1.54, 1.807) is 29.3 Å². The van der Waals surface area contributed by atoms with Gasteiger partial charge >= 0.3 is 6.18 Å². The van der Waals surface area contributed by atoms with Crippen LogP contribution in [0.2, 0.25) is 5.02 Å². The molecule has 0 amide bonds. The largest absolute Gasteiger partial charge is 0.417 e. The van der Waals surface area contributed by atoms with Crippen LogP contribution in [0.3, 0.4) is 0 Å². The van der Waals surface area contributed by atoms with Crippen LogP contribution in [0.5, 0.6) is 0 Å². The van der Waals surface area contributed by atoms with Crippen LogP contribution in [0, 0.1) is 11.6 Å². The summed E-state index contributed by atoms with van der Waals surface area (Å²) in [5.74, 6) is -2.11. The number of hydrogen-bond donors (Lipinski definition) is 4. The molecule has 0 bridgehead atoms. The number of fused-ring (bicyclic) bond motifs is 3. The first kappa shape index (κ1) is 30.0. The molecule has 5 rings (SSSR count). The molecule has 0 saturated carbocycles. The van der Waals surface area contributed by atoms with E-state index >= 15 is 0 Å². The van der Waals surface area contributed by atoms with Gasteiger partial charge in [0.2, 0.25) is 5.62 Å². The number of alkyl halides is 4. The Morgan fingerprint density at radius 2 is 1.91 bits per heavy atom. The highest BCUT2D eigenvalue weighted by atomic mass is 35.5. The number of nitrogens with two attached hydrogens (primary N) is 2. The normalized spacial score (nSPS) is 16.6. The summed E-state index contributed by atoms with van der Waals surface area (Å²) in [7, 11) is 3.28. The Balaban J connectivity index is 1.90. The summed E-state index contributed by atoms with van der Waals surface area (Å²) < 4.78 is 87.2. The Morgan fingerprint density at radius 1 is 1.19 bits per heavy atom. The van der Waals surface area contributed by atoms with E-state index in [0.29, 0.717) is 51.3 Å². The fourth-order valence-corrected chi connectivity index (χ4v) is 5.87. The molecule has 2 heterocycles. The van der Waals surface area contributed by atoms with E-state index in [9.17, 15) is 26.3 Å². The van der Waals surface area contributed by atoms with E-state index in [-0.39, 0.29) is 28.3 Å². The molecule has 1 aromatic heterocycles. The highest BCUT2D eigenvalue weighted by Crippen LogP contribution is 2.46. The molecule has 14 heteroatoms. The molecule has 7 nitrogen and oxygen atoms in total. The number of anilines is 1. The van der Waals surface area contributed by atoms with Crippen molar-refractivity contribution in [1.82, 2.24) is 14.5 Å². The predicted molar refractivity (Wildman–Crippen MR) is 154 cm³/mol. The first-order valence-electron chi connectivity index (χ1n) is 12.8. The summed E-state index contributed by atoms with van der Waals surface area (Å²) in [6.45, 7) is 3.36. The Kier molecular flexibility index (Phi) is 7.63. The molecular formula is C29H26ClF6N7. The van der Waals surface area contributed by atoms with Gasteiger partial charge in [-0.15, -0.1) is 0 Å². The summed E-state index contributed by atoms with van der Waals surface area (Å²) in [5, 5.41) is 5.48. The highest BCUT2D eigenvalue weighted by molar-refractivity contribution is 6.31. The van der Waals surface area contributed by atoms with E-state index < -0.39 is 41.3 Å². The van der Waals surface area contributed by atoms with Gasteiger partial charge in [-0.25, -0.2) is 13.2 Å². The van der Waals surface area contributed by atoms with Gasteiger partial charge in [0.15, 0.2) is 0 Å². The number of rotatable bonds is 5. The van der Waals surface area contributed by atoms with E-state index in [4.69, 9.17) is 23.1 Å². The van der Waals surface area contributed by atoms with Crippen molar-refractivity contribution >= 4 is 46.0 Å². The summed E-state index contributed by atoms with van der Waals surface area (Å²) in [4.78, 5) is 4.30. The van der Waals surface area contributed by atoms with Crippen LogP contribution >= 0.6 is 11.6 Å². The van der Waals surface area contributed by atoms with Crippen molar-refractivity contribution in [3.63, 3.8) is 0 Å². The SMILES string of the molecule is C=C1NC(c2cc(F)ccc2Cl)c2c(N/C(N)=c3\cc(F)cc(C(F)(F)F)\c3=C\N)cc3c(c21)n(C)c(=NC)n3CCF. The zero-order chi connectivity index (χ0) is 31.4. The molecule has 43 heavy (non-hydrogen) atoms. The zero-order valence-electron chi connectivity index (χ0n) is 22.9. The number of halogens is 7. The summed E-state index contributed by atoms with van der Waals surface area (Å²) in [6, 6.07) is 5.80. The smallest absolute Gasteiger partial charge is 0.404 e. The van der Waals surface area contributed by atoms with Crippen molar-refractivity contribution < 1.29 is 26.3 Å². The third-order valence-electron chi connectivity index (χ3n) is 7.35. The lowest BCUT2D eigenvalue weighted by Gasteiger charge is -2.20. The summed E-state index contributed by atoms with van der Waals surface area (Å²) in [5.41, 5.74) is 14.1. The molecule has 226 valence electrons. The topological polar surface area (TPSA) is 98.3 Å². The van der Waals surface area contributed by atoms with Gasteiger partial charge in [-0.3, -0.25) is 4.99 Å². The van der Waals surface area contributed by atoms with Crippen molar-refractivity contribution in [3.05, 3.63) is 97.9 Å². The van der Waals surface area contributed by atoms with Gasteiger partial charge in [0, 0.05) is 63.8 Å². The van der Waals surface area contributed by atoms with Gasteiger partial charge in [-0.05, 0) is 36.4 Å². The van der Waals surface area contributed by atoms with Crippen LogP contribution < -0.4 is 38.2 Å². The molecule has 0 aliphatic carbocycles. The zero-order valence-corrected chi connectivity index (χ0v) is 23.6. The molecule has 1 unspecified atom stereocenters. The Hall–Kier alpha value is -4.52. The van der Waals surface area contributed by atoms with Gasteiger partial charge < -0.3 is 31.2 Å². The van der Waals surface area contributed by atoms with Gasteiger partial charge in [0.05, 0.1) is 29.2 Å². The maximum absolute atomic E-state index is 14.5. The van der Waals surface area contributed by atoms with Crippen LogP contribution in [0.1, 0.15) is 28.3 Å². The maximum atomic E-state index is 14.5. The fourth-order valence-electron chi connectivity index (χ4n) is 5.65. The third kappa shape index (κ3) is 4.97. The van der Waals surface area contributed by atoms with Crippen molar-refractivity contribution in [2.24, 2.45) is 23.5 Å². The molecule has 0 fully saturated rings. The maximum Gasteiger partial charge on any atom is 0.417 e. The molecule has 1 aliphatic rings. The van der Waals surface area contributed by atoms with Gasteiger partial charge in [0.25, 0.3) is 0 Å². The Labute approximate surface area is 246 Å². The molecule has 0 saturated heterocycles. The average molecular weight is 622 g/mol. The van der Waals surface area contributed by atoms with E-state index in [0.717, 1.165) is 6.07 Å². The van der Waals surface area contributed by atoms with E-state index in [1.807, 2.05) is 0 Å². The molecule has 0 radical (unpaired) electrons.